The Balaban J connectivity index is 1.91. The van der Waals surface area contributed by atoms with Gasteiger partial charge in [0.15, 0.2) is 0 Å². The number of amides is 2. The van der Waals surface area contributed by atoms with Crippen molar-refractivity contribution in [1.29, 1.82) is 0 Å². The maximum absolute atomic E-state index is 12.9. The summed E-state index contributed by atoms with van der Waals surface area (Å²) in [6.45, 7) is 3.93. The zero-order valence-electron chi connectivity index (χ0n) is 13.1. The van der Waals surface area contributed by atoms with Gasteiger partial charge in [0.05, 0.1) is 11.6 Å². The molecule has 2 atom stereocenters. The van der Waals surface area contributed by atoms with Crippen LogP contribution >= 0.6 is 15.9 Å². The molecule has 0 saturated carbocycles. The number of hydrogen-bond acceptors (Lipinski definition) is 2. The third-order valence-electron chi connectivity index (χ3n) is 4.51. The summed E-state index contributed by atoms with van der Waals surface area (Å²) in [4.78, 5) is 26.7. The zero-order chi connectivity index (χ0) is 16.6. The lowest BCUT2D eigenvalue weighted by atomic mass is 9.86. The average molecular weight is 372 g/mol. The summed E-state index contributed by atoms with van der Waals surface area (Å²) in [6.07, 6.45) is 0.268. The molecule has 3 rings (SSSR count). The first-order valence-corrected chi connectivity index (χ1v) is 8.46. The van der Waals surface area contributed by atoms with Crippen molar-refractivity contribution < 1.29 is 9.59 Å². The molecule has 1 aliphatic heterocycles. The van der Waals surface area contributed by atoms with E-state index in [0.29, 0.717) is 5.69 Å². The lowest BCUT2D eigenvalue weighted by Crippen LogP contribution is -2.32. The van der Waals surface area contributed by atoms with Crippen molar-refractivity contribution >= 4 is 33.4 Å². The summed E-state index contributed by atoms with van der Waals surface area (Å²) in [6, 6.07) is 15.5. The summed E-state index contributed by atoms with van der Waals surface area (Å²) in [7, 11) is 0. The molecular weight excluding hydrogens is 354 g/mol. The summed E-state index contributed by atoms with van der Waals surface area (Å²) < 4.78 is 0.937. The molecule has 1 heterocycles. The second-order valence-electron chi connectivity index (χ2n) is 6.01. The average Bonchev–Trinajstić information content (AvgIpc) is 2.83. The number of hydrogen-bond donors (Lipinski definition) is 0. The summed E-state index contributed by atoms with van der Waals surface area (Å²) >= 11 is 3.41. The molecule has 0 spiro atoms. The molecule has 4 heteroatoms. The van der Waals surface area contributed by atoms with Gasteiger partial charge in [-0.1, -0.05) is 53.2 Å². The molecule has 0 aromatic heterocycles. The fourth-order valence-corrected chi connectivity index (χ4v) is 3.63. The summed E-state index contributed by atoms with van der Waals surface area (Å²) in [5, 5.41) is 0. The predicted molar refractivity (Wildman–Crippen MR) is 94.3 cm³/mol. The van der Waals surface area contributed by atoms with Crippen LogP contribution in [0.3, 0.4) is 0 Å². The van der Waals surface area contributed by atoms with E-state index in [9.17, 15) is 9.59 Å². The molecule has 0 aliphatic carbocycles. The number of benzene rings is 2. The Morgan fingerprint density at radius 1 is 1.13 bits per heavy atom. The van der Waals surface area contributed by atoms with Crippen molar-refractivity contribution in [3.05, 3.63) is 64.1 Å². The number of carbonyl (C=O) groups excluding carboxylic acids is 2. The van der Waals surface area contributed by atoms with Gasteiger partial charge in [-0.3, -0.25) is 14.5 Å². The van der Waals surface area contributed by atoms with Crippen molar-refractivity contribution in [2.75, 3.05) is 4.90 Å². The molecule has 2 aromatic rings. The topological polar surface area (TPSA) is 37.4 Å². The highest BCUT2D eigenvalue weighted by atomic mass is 79.9. The summed E-state index contributed by atoms with van der Waals surface area (Å²) in [5.74, 6) is -0.494. The Kier molecular flexibility index (Phi) is 4.35. The van der Waals surface area contributed by atoms with Crippen LogP contribution in [0, 0.1) is 12.8 Å². The zero-order valence-corrected chi connectivity index (χ0v) is 14.7. The van der Waals surface area contributed by atoms with E-state index in [0.717, 1.165) is 15.6 Å². The van der Waals surface area contributed by atoms with Gasteiger partial charge in [0.25, 0.3) is 0 Å². The van der Waals surface area contributed by atoms with Crippen LogP contribution in [0.15, 0.2) is 53.0 Å². The van der Waals surface area contributed by atoms with Crippen LogP contribution < -0.4 is 4.90 Å². The monoisotopic (exact) mass is 371 g/mol. The van der Waals surface area contributed by atoms with Crippen LogP contribution in [0.25, 0.3) is 0 Å². The van der Waals surface area contributed by atoms with Gasteiger partial charge in [-0.25, -0.2) is 0 Å². The maximum atomic E-state index is 12.9. The van der Waals surface area contributed by atoms with E-state index in [1.165, 1.54) is 4.90 Å². The van der Waals surface area contributed by atoms with E-state index in [-0.39, 0.29) is 30.1 Å². The molecule has 0 N–H and O–H groups in total. The largest absolute Gasteiger partial charge is 0.274 e. The molecule has 1 fully saturated rings. The third-order valence-corrected chi connectivity index (χ3v) is 5.00. The van der Waals surface area contributed by atoms with Gasteiger partial charge in [0, 0.05) is 10.9 Å². The van der Waals surface area contributed by atoms with Crippen molar-refractivity contribution in [3.8, 4) is 0 Å². The minimum atomic E-state index is -0.298. The van der Waals surface area contributed by atoms with E-state index in [1.54, 1.807) is 0 Å². The van der Waals surface area contributed by atoms with E-state index >= 15 is 0 Å². The Morgan fingerprint density at radius 3 is 2.48 bits per heavy atom. The van der Waals surface area contributed by atoms with Gasteiger partial charge in [0.2, 0.25) is 11.8 Å². The Hall–Kier alpha value is -1.94. The van der Waals surface area contributed by atoms with Crippen LogP contribution in [0.2, 0.25) is 0 Å². The fraction of sp³-hybridized carbons (Fsp3) is 0.263. The van der Waals surface area contributed by atoms with Gasteiger partial charge >= 0.3 is 0 Å². The van der Waals surface area contributed by atoms with Gasteiger partial charge in [-0.05, 0) is 42.2 Å². The number of carbonyl (C=O) groups is 2. The molecule has 2 unspecified atom stereocenters. The molecule has 3 nitrogen and oxygen atoms in total. The van der Waals surface area contributed by atoms with E-state index < -0.39 is 0 Å². The van der Waals surface area contributed by atoms with Crippen LogP contribution in [-0.2, 0) is 9.59 Å². The standard InChI is InChI=1S/C19H18BrNO2/c1-12-10-15(20)8-9-17(12)21-18(22)11-16(19(21)23)13(2)14-6-4-3-5-7-14/h3-10,13,16H,11H2,1-2H3. The third kappa shape index (κ3) is 2.95. The lowest BCUT2D eigenvalue weighted by Gasteiger charge is -2.20. The molecule has 2 aromatic carbocycles. The first-order valence-electron chi connectivity index (χ1n) is 7.67. The number of aryl methyl sites for hydroxylation is 1. The quantitative estimate of drug-likeness (QED) is 0.747. The van der Waals surface area contributed by atoms with Gasteiger partial charge < -0.3 is 0 Å². The number of nitrogens with zero attached hydrogens (tertiary/aromatic N) is 1. The van der Waals surface area contributed by atoms with Gasteiger partial charge in [-0.2, -0.15) is 0 Å². The Bertz CT molecular complexity index is 757. The molecule has 23 heavy (non-hydrogen) atoms. The van der Waals surface area contributed by atoms with Crippen molar-refractivity contribution in [2.45, 2.75) is 26.2 Å². The van der Waals surface area contributed by atoms with Crippen LogP contribution in [-0.4, -0.2) is 11.8 Å². The van der Waals surface area contributed by atoms with Crippen molar-refractivity contribution in [2.24, 2.45) is 5.92 Å². The van der Waals surface area contributed by atoms with E-state index in [4.69, 9.17) is 0 Å². The fourth-order valence-electron chi connectivity index (χ4n) is 3.16. The van der Waals surface area contributed by atoms with Gasteiger partial charge in [0.1, 0.15) is 0 Å². The first kappa shape index (κ1) is 15.9. The molecular formula is C19H18BrNO2. The number of anilines is 1. The van der Waals surface area contributed by atoms with E-state index in [2.05, 4.69) is 15.9 Å². The molecule has 1 saturated heterocycles. The SMILES string of the molecule is Cc1cc(Br)ccc1N1C(=O)CC(C(C)c2ccccc2)C1=O. The molecule has 1 aliphatic rings. The van der Waals surface area contributed by atoms with E-state index in [1.807, 2.05) is 62.4 Å². The number of rotatable bonds is 3. The predicted octanol–water partition coefficient (Wildman–Crippen LogP) is 4.44. The smallest absolute Gasteiger partial charge is 0.238 e. The first-order chi connectivity index (χ1) is 11.0. The normalized spacial score (nSPS) is 19.3. The molecule has 118 valence electrons. The number of imide groups is 1. The van der Waals surface area contributed by atoms with Crippen molar-refractivity contribution in [3.63, 3.8) is 0 Å². The van der Waals surface area contributed by atoms with Gasteiger partial charge in [-0.15, -0.1) is 0 Å². The highest BCUT2D eigenvalue weighted by Gasteiger charge is 2.42. The van der Waals surface area contributed by atoms with Crippen LogP contribution in [0.4, 0.5) is 5.69 Å². The molecule has 2 amide bonds. The molecule has 0 bridgehead atoms. The van der Waals surface area contributed by atoms with Crippen LogP contribution in [0.1, 0.15) is 30.4 Å². The highest BCUT2D eigenvalue weighted by molar-refractivity contribution is 9.10. The Labute approximate surface area is 144 Å². The minimum absolute atomic E-state index is 0.0217. The highest BCUT2D eigenvalue weighted by Crippen LogP contribution is 2.37. The molecule has 0 radical (unpaired) electrons. The van der Waals surface area contributed by atoms with Crippen molar-refractivity contribution in [1.82, 2.24) is 0 Å². The maximum Gasteiger partial charge on any atom is 0.238 e. The summed E-state index contributed by atoms with van der Waals surface area (Å²) in [5.41, 5.74) is 2.69. The second kappa shape index (κ2) is 6.28. The second-order valence-corrected chi connectivity index (χ2v) is 6.92. The minimum Gasteiger partial charge on any atom is -0.274 e. The Morgan fingerprint density at radius 2 is 1.83 bits per heavy atom. The number of halogens is 1. The van der Waals surface area contributed by atoms with Crippen LogP contribution in [0.5, 0.6) is 0 Å². The lowest BCUT2D eigenvalue weighted by molar-refractivity contribution is -0.122.